The summed E-state index contributed by atoms with van der Waals surface area (Å²) in [5.41, 5.74) is 2.38. The molecule has 0 spiro atoms. The molecule has 16 heavy (non-hydrogen) atoms. The number of halogens is 1. The standard InChI is InChI=1S/C12H14BrNO2/c1-2-16-12(15)7-10-6-8-5-9(13)3-4-11(8)14-10/h3-5,10,14H,2,6-7H2,1H3. The zero-order valence-electron chi connectivity index (χ0n) is 9.13. The minimum absolute atomic E-state index is 0.133. The van der Waals surface area contributed by atoms with Crippen LogP contribution in [0.5, 0.6) is 0 Å². The fourth-order valence-corrected chi connectivity index (χ4v) is 2.36. The van der Waals surface area contributed by atoms with Gasteiger partial charge in [0.2, 0.25) is 0 Å². The van der Waals surface area contributed by atoms with E-state index in [0.29, 0.717) is 13.0 Å². The molecule has 1 aromatic rings. The molecule has 1 unspecified atom stereocenters. The summed E-state index contributed by atoms with van der Waals surface area (Å²) in [5, 5.41) is 3.33. The van der Waals surface area contributed by atoms with Crippen molar-refractivity contribution in [2.75, 3.05) is 11.9 Å². The molecule has 0 radical (unpaired) electrons. The Morgan fingerprint density at radius 1 is 1.62 bits per heavy atom. The summed E-state index contributed by atoms with van der Waals surface area (Å²) in [6.45, 7) is 2.27. The molecular formula is C12H14BrNO2. The van der Waals surface area contributed by atoms with Crippen molar-refractivity contribution in [2.24, 2.45) is 0 Å². The van der Waals surface area contributed by atoms with Crippen LogP contribution in [-0.4, -0.2) is 18.6 Å². The Morgan fingerprint density at radius 3 is 3.19 bits per heavy atom. The lowest BCUT2D eigenvalue weighted by atomic mass is 10.1. The number of rotatable bonds is 3. The maximum Gasteiger partial charge on any atom is 0.307 e. The van der Waals surface area contributed by atoms with Crippen molar-refractivity contribution in [1.29, 1.82) is 0 Å². The zero-order valence-corrected chi connectivity index (χ0v) is 10.7. The molecule has 4 heteroatoms. The predicted molar refractivity (Wildman–Crippen MR) is 66.5 cm³/mol. The third-order valence-electron chi connectivity index (χ3n) is 2.61. The van der Waals surface area contributed by atoms with E-state index in [2.05, 4.69) is 27.3 Å². The highest BCUT2D eigenvalue weighted by molar-refractivity contribution is 9.10. The average Bonchev–Trinajstić information content (AvgIpc) is 2.59. The second-order valence-electron chi connectivity index (χ2n) is 3.86. The Labute approximate surface area is 103 Å². The predicted octanol–water partition coefficient (Wildman–Crippen LogP) is 2.74. The van der Waals surface area contributed by atoms with Crippen LogP contribution >= 0.6 is 15.9 Å². The van der Waals surface area contributed by atoms with Crippen molar-refractivity contribution < 1.29 is 9.53 Å². The van der Waals surface area contributed by atoms with Crippen molar-refractivity contribution in [1.82, 2.24) is 0 Å². The fraction of sp³-hybridized carbons (Fsp3) is 0.417. The molecule has 1 N–H and O–H groups in total. The molecule has 0 bridgehead atoms. The van der Waals surface area contributed by atoms with Gasteiger partial charge in [0.05, 0.1) is 13.0 Å². The third-order valence-corrected chi connectivity index (χ3v) is 3.10. The van der Waals surface area contributed by atoms with Crippen LogP contribution in [0.3, 0.4) is 0 Å². The zero-order chi connectivity index (χ0) is 11.5. The van der Waals surface area contributed by atoms with Crippen molar-refractivity contribution in [2.45, 2.75) is 25.8 Å². The van der Waals surface area contributed by atoms with Crippen LogP contribution in [0, 0.1) is 0 Å². The van der Waals surface area contributed by atoms with Crippen LogP contribution in [0.15, 0.2) is 22.7 Å². The number of hydrogen-bond donors (Lipinski definition) is 1. The molecule has 1 heterocycles. The average molecular weight is 284 g/mol. The van der Waals surface area contributed by atoms with Gasteiger partial charge >= 0.3 is 5.97 Å². The van der Waals surface area contributed by atoms with Crippen molar-refractivity contribution in [3.63, 3.8) is 0 Å². The molecular weight excluding hydrogens is 270 g/mol. The molecule has 0 aliphatic carbocycles. The minimum atomic E-state index is -0.133. The third kappa shape index (κ3) is 2.55. The maximum absolute atomic E-state index is 11.3. The molecule has 0 aromatic heterocycles. The molecule has 86 valence electrons. The Balaban J connectivity index is 1.97. The van der Waals surface area contributed by atoms with Crippen LogP contribution in [0.2, 0.25) is 0 Å². The fourth-order valence-electron chi connectivity index (χ4n) is 1.95. The van der Waals surface area contributed by atoms with Gasteiger partial charge in [-0.25, -0.2) is 0 Å². The van der Waals surface area contributed by atoms with Crippen LogP contribution in [0.4, 0.5) is 5.69 Å². The van der Waals surface area contributed by atoms with E-state index >= 15 is 0 Å². The molecule has 1 atom stereocenters. The summed E-state index contributed by atoms with van der Waals surface area (Å²) in [7, 11) is 0. The van der Waals surface area contributed by atoms with Crippen LogP contribution in [0.1, 0.15) is 18.9 Å². The van der Waals surface area contributed by atoms with Gasteiger partial charge in [-0.15, -0.1) is 0 Å². The van der Waals surface area contributed by atoms with E-state index in [9.17, 15) is 4.79 Å². The van der Waals surface area contributed by atoms with Gasteiger partial charge in [0.15, 0.2) is 0 Å². The monoisotopic (exact) mass is 283 g/mol. The Morgan fingerprint density at radius 2 is 2.44 bits per heavy atom. The molecule has 0 amide bonds. The van der Waals surface area contributed by atoms with Crippen molar-refractivity contribution >= 4 is 27.6 Å². The largest absolute Gasteiger partial charge is 0.466 e. The maximum atomic E-state index is 11.3. The van der Waals surface area contributed by atoms with E-state index in [1.807, 2.05) is 19.1 Å². The van der Waals surface area contributed by atoms with Crippen LogP contribution < -0.4 is 5.32 Å². The summed E-state index contributed by atoms with van der Waals surface area (Å²) < 4.78 is 6.01. The number of nitrogens with one attached hydrogen (secondary N) is 1. The van der Waals surface area contributed by atoms with Gasteiger partial charge in [-0.1, -0.05) is 15.9 Å². The van der Waals surface area contributed by atoms with Crippen LogP contribution in [-0.2, 0) is 16.0 Å². The highest BCUT2D eigenvalue weighted by atomic mass is 79.9. The molecule has 0 fully saturated rings. The van der Waals surface area contributed by atoms with Gasteiger partial charge in [-0.05, 0) is 37.1 Å². The first-order chi connectivity index (χ1) is 7.69. The smallest absolute Gasteiger partial charge is 0.307 e. The SMILES string of the molecule is CCOC(=O)CC1Cc2cc(Br)ccc2N1. The first-order valence-electron chi connectivity index (χ1n) is 5.39. The van der Waals surface area contributed by atoms with Crippen molar-refractivity contribution in [3.05, 3.63) is 28.2 Å². The number of benzene rings is 1. The van der Waals surface area contributed by atoms with E-state index < -0.39 is 0 Å². The van der Waals surface area contributed by atoms with E-state index in [-0.39, 0.29) is 12.0 Å². The van der Waals surface area contributed by atoms with E-state index in [1.165, 1.54) is 5.56 Å². The first kappa shape index (κ1) is 11.5. The normalized spacial score (nSPS) is 17.8. The molecule has 0 saturated carbocycles. The van der Waals surface area contributed by atoms with Gasteiger partial charge in [0, 0.05) is 16.2 Å². The van der Waals surface area contributed by atoms with Gasteiger partial charge in [0.1, 0.15) is 0 Å². The molecule has 2 rings (SSSR count). The summed E-state index contributed by atoms with van der Waals surface area (Å²) in [6, 6.07) is 6.29. The molecule has 3 nitrogen and oxygen atoms in total. The number of carbonyl (C=O) groups is 1. The van der Waals surface area contributed by atoms with Gasteiger partial charge in [-0.3, -0.25) is 4.79 Å². The minimum Gasteiger partial charge on any atom is -0.466 e. The van der Waals surface area contributed by atoms with E-state index in [1.54, 1.807) is 0 Å². The number of fused-ring (bicyclic) bond motifs is 1. The lowest BCUT2D eigenvalue weighted by Crippen LogP contribution is -2.21. The summed E-state index contributed by atoms with van der Waals surface area (Å²) in [4.78, 5) is 11.3. The second kappa shape index (κ2) is 4.87. The number of carbonyl (C=O) groups excluding carboxylic acids is 1. The second-order valence-corrected chi connectivity index (χ2v) is 4.77. The summed E-state index contributed by atoms with van der Waals surface area (Å²) in [5.74, 6) is -0.133. The van der Waals surface area contributed by atoms with Gasteiger partial charge < -0.3 is 10.1 Å². The van der Waals surface area contributed by atoms with E-state index in [4.69, 9.17) is 4.74 Å². The summed E-state index contributed by atoms with van der Waals surface area (Å²) in [6.07, 6.45) is 1.31. The van der Waals surface area contributed by atoms with Gasteiger partial charge in [0.25, 0.3) is 0 Å². The highest BCUT2D eigenvalue weighted by Gasteiger charge is 2.23. The molecule has 1 aromatic carbocycles. The number of esters is 1. The highest BCUT2D eigenvalue weighted by Crippen LogP contribution is 2.29. The lowest BCUT2D eigenvalue weighted by molar-refractivity contribution is -0.143. The Bertz CT molecular complexity index is 406. The van der Waals surface area contributed by atoms with E-state index in [0.717, 1.165) is 16.6 Å². The Hall–Kier alpha value is -1.03. The van der Waals surface area contributed by atoms with Crippen molar-refractivity contribution in [3.8, 4) is 0 Å². The quantitative estimate of drug-likeness (QED) is 0.867. The first-order valence-corrected chi connectivity index (χ1v) is 6.19. The lowest BCUT2D eigenvalue weighted by Gasteiger charge is -2.09. The molecule has 1 aliphatic rings. The number of hydrogen-bond acceptors (Lipinski definition) is 3. The number of ether oxygens (including phenoxy) is 1. The van der Waals surface area contributed by atoms with Crippen LogP contribution in [0.25, 0.3) is 0 Å². The van der Waals surface area contributed by atoms with Gasteiger partial charge in [-0.2, -0.15) is 0 Å². The number of anilines is 1. The molecule has 1 aliphatic heterocycles. The summed E-state index contributed by atoms with van der Waals surface area (Å²) >= 11 is 3.44. The Kier molecular flexibility index (Phi) is 3.49. The topological polar surface area (TPSA) is 38.3 Å². The molecule has 0 saturated heterocycles.